The standard InChI is InChI=1S/2C9H7.C2H4.Zr/c2*1-2-5-9-7-3-6-8(9)4-1;1-2;/h2*1-7H;1H,2H3;. The first-order valence-corrected chi connectivity index (χ1v) is 11.8. The molecule has 4 rings (SSSR count). The van der Waals surface area contributed by atoms with Crippen molar-refractivity contribution in [1.82, 2.24) is 0 Å². The molecule has 0 amide bonds. The van der Waals surface area contributed by atoms with Crippen molar-refractivity contribution >= 4 is 15.9 Å². The Hall–Kier alpha value is -1.33. The Labute approximate surface area is 134 Å². The summed E-state index contributed by atoms with van der Waals surface area (Å²) in [5.74, 6) is 0. The van der Waals surface area contributed by atoms with E-state index in [2.05, 4.69) is 83.5 Å². The van der Waals surface area contributed by atoms with Gasteiger partial charge in [0.05, 0.1) is 0 Å². The monoisotopic (exact) mass is 348 g/mol. The van der Waals surface area contributed by atoms with Crippen molar-refractivity contribution in [3.63, 3.8) is 0 Å². The fourth-order valence-corrected chi connectivity index (χ4v) is 11.0. The molecule has 2 aromatic rings. The average Bonchev–Trinajstić information content (AvgIpc) is 3.14. The zero-order valence-electron chi connectivity index (χ0n) is 12.2. The van der Waals surface area contributed by atoms with Crippen molar-refractivity contribution in [2.45, 2.75) is 14.2 Å². The fraction of sp³-hybridized carbons (Fsp3) is 0.150. The van der Waals surface area contributed by atoms with Gasteiger partial charge in [0, 0.05) is 0 Å². The van der Waals surface area contributed by atoms with Crippen molar-refractivity contribution in [2.75, 3.05) is 0 Å². The van der Waals surface area contributed by atoms with Crippen molar-refractivity contribution in [3.8, 4) is 0 Å². The third-order valence-electron chi connectivity index (χ3n) is 4.65. The normalized spacial score (nSPS) is 21.2. The fourth-order valence-electron chi connectivity index (χ4n) is 3.63. The van der Waals surface area contributed by atoms with E-state index in [9.17, 15) is 0 Å². The van der Waals surface area contributed by atoms with E-state index in [1.807, 2.05) is 0 Å². The molecule has 21 heavy (non-hydrogen) atoms. The van der Waals surface area contributed by atoms with Crippen molar-refractivity contribution in [2.24, 2.45) is 0 Å². The first kappa shape index (κ1) is 13.3. The summed E-state index contributed by atoms with van der Waals surface area (Å²) in [5, 5.41) is 0. The van der Waals surface area contributed by atoms with Gasteiger partial charge >= 0.3 is 134 Å². The zero-order chi connectivity index (χ0) is 14.2. The number of benzene rings is 2. The molecule has 1 heteroatoms. The minimum absolute atomic E-state index is 0.689. The summed E-state index contributed by atoms with van der Waals surface area (Å²) in [7, 11) is 0. The van der Waals surface area contributed by atoms with Crippen molar-refractivity contribution in [3.05, 3.63) is 82.9 Å². The van der Waals surface area contributed by atoms with Gasteiger partial charge < -0.3 is 0 Å². The van der Waals surface area contributed by atoms with Gasteiger partial charge in [0.2, 0.25) is 0 Å². The van der Waals surface area contributed by atoms with Crippen LogP contribution in [0.2, 0.25) is 0 Å². The number of rotatable bonds is 2. The van der Waals surface area contributed by atoms with E-state index < -0.39 is 21.3 Å². The molecule has 0 aromatic heterocycles. The molecule has 0 heterocycles. The molecular weight excluding hydrogens is 331 g/mol. The van der Waals surface area contributed by atoms with Crippen LogP contribution in [0.15, 0.2) is 60.7 Å². The van der Waals surface area contributed by atoms with Gasteiger partial charge in [-0.3, -0.25) is 0 Å². The summed E-state index contributed by atoms with van der Waals surface area (Å²) in [6.07, 6.45) is 9.59. The van der Waals surface area contributed by atoms with E-state index in [0.29, 0.717) is 7.25 Å². The van der Waals surface area contributed by atoms with Crippen molar-refractivity contribution < 1.29 is 21.3 Å². The quantitative estimate of drug-likeness (QED) is 0.718. The number of hydrogen-bond donors (Lipinski definition) is 0. The van der Waals surface area contributed by atoms with E-state index in [1.54, 1.807) is 11.1 Å². The van der Waals surface area contributed by atoms with Crippen LogP contribution in [0, 0.1) is 0 Å². The molecule has 0 bridgehead atoms. The molecule has 0 saturated carbocycles. The summed E-state index contributed by atoms with van der Waals surface area (Å²) in [6, 6.07) is 17.8. The molecule has 0 N–H and O–H groups in total. The average molecular weight is 350 g/mol. The van der Waals surface area contributed by atoms with Crippen LogP contribution in [0.25, 0.3) is 12.2 Å². The second-order valence-corrected chi connectivity index (χ2v) is 12.7. The van der Waals surface area contributed by atoms with Crippen LogP contribution in [0.4, 0.5) is 0 Å². The summed E-state index contributed by atoms with van der Waals surface area (Å²) >= 11 is -1.76. The molecule has 2 aromatic carbocycles. The molecule has 2 atom stereocenters. The second-order valence-electron chi connectivity index (χ2n) is 5.72. The van der Waals surface area contributed by atoms with Crippen LogP contribution in [0.3, 0.4) is 0 Å². The zero-order valence-corrected chi connectivity index (χ0v) is 14.6. The van der Waals surface area contributed by atoms with Gasteiger partial charge in [-0.2, -0.15) is 0 Å². The van der Waals surface area contributed by atoms with Gasteiger partial charge in [-0.1, -0.05) is 0 Å². The van der Waals surface area contributed by atoms with Gasteiger partial charge in [-0.05, 0) is 0 Å². The Morgan fingerprint density at radius 1 is 0.762 bits per heavy atom. The van der Waals surface area contributed by atoms with E-state index in [0.717, 1.165) is 0 Å². The van der Waals surface area contributed by atoms with E-state index in [-0.39, 0.29) is 0 Å². The van der Waals surface area contributed by atoms with E-state index in [4.69, 9.17) is 0 Å². The minimum atomic E-state index is -1.76. The Kier molecular flexibility index (Phi) is 3.47. The Balaban J connectivity index is 1.76. The van der Waals surface area contributed by atoms with E-state index in [1.165, 1.54) is 11.1 Å². The molecule has 2 aliphatic rings. The molecule has 0 radical (unpaired) electrons. The second kappa shape index (κ2) is 5.46. The SMILES string of the molecule is C[CH]=[Zr]([CH]1C=Cc2ccccc21)[CH]1C=Cc2ccccc21. The van der Waals surface area contributed by atoms with Crippen LogP contribution < -0.4 is 0 Å². The molecule has 102 valence electrons. The van der Waals surface area contributed by atoms with Gasteiger partial charge in [0.1, 0.15) is 0 Å². The van der Waals surface area contributed by atoms with Crippen LogP contribution >= 0.6 is 0 Å². The third kappa shape index (κ3) is 2.19. The van der Waals surface area contributed by atoms with Crippen molar-refractivity contribution in [1.29, 1.82) is 0 Å². The van der Waals surface area contributed by atoms with Gasteiger partial charge in [0.25, 0.3) is 0 Å². The topological polar surface area (TPSA) is 0 Å². The van der Waals surface area contributed by atoms with Gasteiger partial charge in [-0.15, -0.1) is 0 Å². The van der Waals surface area contributed by atoms with E-state index >= 15 is 0 Å². The Morgan fingerprint density at radius 2 is 1.24 bits per heavy atom. The molecule has 0 nitrogen and oxygen atoms in total. The summed E-state index contributed by atoms with van der Waals surface area (Å²) in [5.41, 5.74) is 5.97. The molecule has 0 spiro atoms. The Morgan fingerprint density at radius 3 is 1.71 bits per heavy atom. The summed E-state index contributed by atoms with van der Waals surface area (Å²) < 4.78 is 3.96. The number of hydrogen-bond acceptors (Lipinski definition) is 0. The molecular formula is C20H18Zr. The summed E-state index contributed by atoms with van der Waals surface area (Å²) in [6.45, 7) is 2.29. The molecule has 2 aliphatic carbocycles. The molecule has 0 saturated heterocycles. The third-order valence-corrected chi connectivity index (χ3v) is 12.3. The first-order valence-electron chi connectivity index (χ1n) is 7.59. The van der Waals surface area contributed by atoms with Gasteiger partial charge in [0.15, 0.2) is 0 Å². The maximum absolute atomic E-state index is 2.58. The molecule has 0 aliphatic heterocycles. The maximum atomic E-state index is 2.58. The number of fused-ring (bicyclic) bond motifs is 2. The van der Waals surface area contributed by atoms with Gasteiger partial charge in [-0.25, -0.2) is 0 Å². The predicted octanol–water partition coefficient (Wildman–Crippen LogP) is 4.96. The van der Waals surface area contributed by atoms with Crippen LogP contribution in [0.5, 0.6) is 0 Å². The first-order chi connectivity index (χ1) is 10.4. The summed E-state index contributed by atoms with van der Waals surface area (Å²) in [4.78, 5) is 0. The number of allylic oxidation sites excluding steroid dienone is 2. The predicted molar refractivity (Wildman–Crippen MR) is 88.2 cm³/mol. The van der Waals surface area contributed by atoms with Crippen LogP contribution in [-0.4, -0.2) is 3.71 Å². The molecule has 0 fully saturated rings. The van der Waals surface area contributed by atoms with Crippen LogP contribution in [-0.2, 0) is 21.3 Å². The van der Waals surface area contributed by atoms with Crippen LogP contribution in [0.1, 0.15) is 36.4 Å². The Bertz CT molecular complexity index is 716. The molecule has 2 unspecified atom stereocenters.